The van der Waals surface area contributed by atoms with E-state index >= 15 is 0 Å². The predicted molar refractivity (Wildman–Crippen MR) is 117 cm³/mol. The molecule has 0 bridgehead atoms. The van der Waals surface area contributed by atoms with Crippen molar-refractivity contribution in [2.45, 2.75) is 39.5 Å². The maximum Gasteiger partial charge on any atom is 0.232 e. The molecule has 0 aromatic heterocycles. The van der Waals surface area contributed by atoms with Gasteiger partial charge in [-0.2, -0.15) is 5.26 Å². The van der Waals surface area contributed by atoms with Crippen molar-refractivity contribution < 1.29 is 13.2 Å². The van der Waals surface area contributed by atoms with E-state index in [4.69, 9.17) is 4.74 Å². The maximum atomic E-state index is 11.8. The zero-order chi connectivity index (χ0) is 21.0. The Balaban J connectivity index is 2.03. The third-order valence-corrected chi connectivity index (χ3v) is 6.44. The predicted octanol–water partition coefficient (Wildman–Crippen LogP) is 5.18. The van der Waals surface area contributed by atoms with E-state index < -0.39 is 10.0 Å². The van der Waals surface area contributed by atoms with E-state index in [9.17, 15) is 13.7 Å². The summed E-state index contributed by atoms with van der Waals surface area (Å²) in [4.78, 5) is 0. The van der Waals surface area contributed by atoms with Crippen LogP contribution in [-0.2, 0) is 10.0 Å². The Hall–Kier alpha value is -2.78. The lowest BCUT2D eigenvalue weighted by Crippen LogP contribution is -2.14. The number of anilines is 1. The summed E-state index contributed by atoms with van der Waals surface area (Å²) in [6.45, 7) is 6.28. The van der Waals surface area contributed by atoms with Crippen molar-refractivity contribution in [2.75, 3.05) is 17.1 Å². The molecule has 1 atom stereocenters. The van der Waals surface area contributed by atoms with Gasteiger partial charge in [-0.25, -0.2) is 8.42 Å². The number of nitriles is 1. The smallest absolute Gasteiger partial charge is 0.232 e. The molecule has 0 fully saturated rings. The van der Waals surface area contributed by atoms with Gasteiger partial charge in [0, 0.05) is 11.6 Å². The van der Waals surface area contributed by atoms with Crippen molar-refractivity contribution in [3.8, 4) is 11.8 Å². The molecule has 1 aliphatic rings. The molecule has 1 unspecified atom stereocenters. The van der Waals surface area contributed by atoms with Gasteiger partial charge < -0.3 is 4.74 Å². The van der Waals surface area contributed by atoms with Crippen LogP contribution in [0.15, 0.2) is 42.5 Å². The molecular weight excluding hydrogens is 384 g/mol. The Bertz CT molecular complexity index is 1060. The quantitative estimate of drug-likeness (QED) is 0.650. The third-order valence-electron chi connectivity index (χ3n) is 5.14. The first kappa shape index (κ1) is 20.9. The topological polar surface area (TPSA) is 79.2 Å². The van der Waals surface area contributed by atoms with Gasteiger partial charge in [-0.15, -0.1) is 0 Å². The summed E-state index contributed by atoms with van der Waals surface area (Å²) in [6, 6.07) is 15.6. The number of nitrogens with one attached hydrogen (secondary N) is 1. The van der Waals surface area contributed by atoms with Gasteiger partial charge in [-0.1, -0.05) is 25.5 Å². The van der Waals surface area contributed by atoms with E-state index in [-0.39, 0.29) is 11.7 Å². The number of ether oxygens (including phenoxy) is 1. The van der Waals surface area contributed by atoms with E-state index in [2.05, 4.69) is 17.7 Å². The Morgan fingerprint density at radius 1 is 1.10 bits per heavy atom. The van der Waals surface area contributed by atoms with Gasteiger partial charge in [0.2, 0.25) is 10.0 Å². The first-order chi connectivity index (χ1) is 13.9. The first-order valence-corrected chi connectivity index (χ1v) is 11.6. The van der Waals surface area contributed by atoms with Crippen LogP contribution in [0.1, 0.15) is 56.2 Å². The number of fused-ring (bicyclic) bond motifs is 1. The van der Waals surface area contributed by atoms with Crippen molar-refractivity contribution in [3.05, 3.63) is 59.2 Å². The third kappa shape index (κ3) is 4.30. The van der Waals surface area contributed by atoms with Crippen LogP contribution < -0.4 is 9.46 Å². The molecule has 0 saturated heterocycles. The number of benzene rings is 2. The second-order valence-corrected chi connectivity index (χ2v) is 9.02. The lowest BCUT2D eigenvalue weighted by molar-refractivity contribution is 0.340. The Kier molecular flexibility index (Phi) is 6.29. The van der Waals surface area contributed by atoms with E-state index in [0.717, 1.165) is 40.9 Å². The average molecular weight is 411 g/mol. The standard InChI is InChI=1S/C23H26N2O3S/c1-4-7-20-21-14-18(28-5-2)12-13-19(21)22(15-24)23(20)16-8-10-17(11-9-16)25-29(26,27)6-3/h8-14,20,25H,4-7H2,1-3H3. The molecular formula is C23H26N2O3S. The molecule has 152 valence electrons. The van der Waals surface area contributed by atoms with E-state index in [1.807, 2.05) is 37.3 Å². The summed E-state index contributed by atoms with van der Waals surface area (Å²) >= 11 is 0. The van der Waals surface area contributed by atoms with E-state index in [1.54, 1.807) is 19.1 Å². The highest BCUT2D eigenvalue weighted by atomic mass is 32.2. The van der Waals surface area contributed by atoms with Crippen LogP contribution in [0.2, 0.25) is 0 Å². The molecule has 3 rings (SSSR count). The van der Waals surface area contributed by atoms with Gasteiger partial charge in [0.25, 0.3) is 0 Å². The molecule has 1 N–H and O–H groups in total. The van der Waals surface area contributed by atoms with Gasteiger partial charge in [0.05, 0.1) is 17.9 Å². The highest BCUT2D eigenvalue weighted by molar-refractivity contribution is 7.92. The second-order valence-electron chi connectivity index (χ2n) is 7.01. The summed E-state index contributed by atoms with van der Waals surface area (Å²) in [5.41, 5.74) is 5.23. The monoisotopic (exact) mass is 410 g/mol. The van der Waals surface area contributed by atoms with Crippen molar-refractivity contribution in [1.29, 1.82) is 5.26 Å². The number of sulfonamides is 1. The van der Waals surface area contributed by atoms with Crippen LogP contribution in [-0.4, -0.2) is 20.8 Å². The van der Waals surface area contributed by atoms with Crippen LogP contribution in [0.4, 0.5) is 5.69 Å². The number of hydrogen-bond acceptors (Lipinski definition) is 4. The minimum Gasteiger partial charge on any atom is -0.494 e. The highest BCUT2D eigenvalue weighted by Crippen LogP contribution is 2.49. The maximum absolute atomic E-state index is 11.8. The molecule has 6 heteroatoms. The fourth-order valence-electron chi connectivity index (χ4n) is 3.81. The van der Waals surface area contributed by atoms with Gasteiger partial charge in [-0.05, 0) is 72.9 Å². The summed E-state index contributed by atoms with van der Waals surface area (Å²) < 4.78 is 31.8. The van der Waals surface area contributed by atoms with Crippen molar-refractivity contribution in [3.63, 3.8) is 0 Å². The fourth-order valence-corrected chi connectivity index (χ4v) is 4.45. The molecule has 0 heterocycles. The molecule has 5 nitrogen and oxygen atoms in total. The molecule has 0 aliphatic heterocycles. The summed E-state index contributed by atoms with van der Waals surface area (Å²) in [5.74, 6) is 0.951. The second kappa shape index (κ2) is 8.71. The lowest BCUT2D eigenvalue weighted by atomic mass is 9.87. The molecule has 0 radical (unpaired) electrons. The lowest BCUT2D eigenvalue weighted by Gasteiger charge is -2.17. The average Bonchev–Trinajstić information content (AvgIpc) is 3.02. The number of rotatable bonds is 8. The largest absolute Gasteiger partial charge is 0.494 e. The summed E-state index contributed by atoms with van der Waals surface area (Å²) in [7, 11) is -3.32. The fraction of sp³-hybridized carbons (Fsp3) is 0.348. The zero-order valence-corrected chi connectivity index (χ0v) is 17.8. The van der Waals surface area contributed by atoms with Gasteiger partial charge in [-0.3, -0.25) is 4.72 Å². The molecule has 0 saturated carbocycles. The van der Waals surface area contributed by atoms with Crippen molar-refractivity contribution in [1.82, 2.24) is 0 Å². The van der Waals surface area contributed by atoms with Crippen molar-refractivity contribution in [2.24, 2.45) is 0 Å². The number of allylic oxidation sites excluding steroid dienone is 2. The van der Waals surface area contributed by atoms with Crippen LogP contribution in [0, 0.1) is 11.3 Å². The molecule has 29 heavy (non-hydrogen) atoms. The normalized spacial score (nSPS) is 15.7. The first-order valence-electron chi connectivity index (χ1n) is 9.96. The SMILES string of the molecule is CCCC1C(c2ccc(NS(=O)(=O)CC)cc2)=C(C#N)c2ccc(OCC)cc21. The number of nitrogens with zero attached hydrogens (tertiary/aromatic N) is 1. The molecule has 1 aliphatic carbocycles. The van der Waals surface area contributed by atoms with Crippen LogP contribution in [0.5, 0.6) is 5.75 Å². The van der Waals surface area contributed by atoms with Gasteiger partial charge >= 0.3 is 0 Å². The molecule has 0 amide bonds. The highest BCUT2D eigenvalue weighted by Gasteiger charge is 2.32. The Morgan fingerprint density at radius 2 is 1.83 bits per heavy atom. The Morgan fingerprint density at radius 3 is 2.41 bits per heavy atom. The van der Waals surface area contributed by atoms with Gasteiger partial charge in [0.1, 0.15) is 11.8 Å². The summed E-state index contributed by atoms with van der Waals surface area (Å²) in [6.07, 6.45) is 1.91. The van der Waals surface area contributed by atoms with Crippen LogP contribution in [0.25, 0.3) is 11.1 Å². The number of hydrogen-bond donors (Lipinski definition) is 1. The summed E-state index contributed by atoms with van der Waals surface area (Å²) in [5, 5.41) is 9.91. The van der Waals surface area contributed by atoms with E-state index in [1.165, 1.54) is 0 Å². The van der Waals surface area contributed by atoms with Gasteiger partial charge in [0.15, 0.2) is 0 Å². The molecule has 0 spiro atoms. The van der Waals surface area contributed by atoms with Crippen LogP contribution in [0.3, 0.4) is 0 Å². The molecule has 2 aromatic rings. The zero-order valence-electron chi connectivity index (χ0n) is 17.0. The minimum atomic E-state index is -3.32. The van der Waals surface area contributed by atoms with E-state index in [0.29, 0.717) is 17.9 Å². The van der Waals surface area contributed by atoms with Crippen LogP contribution >= 0.6 is 0 Å². The Labute approximate surface area is 173 Å². The van der Waals surface area contributed by atoms with Crippen molar-refractivity contribution >= 4 is 26.9 Å². The molecule has 2 aromatic carbocycles. The minimum absolute atomic E-state index is 0.0224.